The monoisotopic (exact) mass is 273 g/mol. The molecule has 0 spiro atoms. The Bertz CT molecular complexity index is 625. The summed E-state index contributed by atoms with van der Waals surface area (Å²) in [5.74, 6) is 0.593. The van der Waals surface area contributed by atoms with Gasteiger partial charge in [-0.05, 0) is 24.3 Å². The van der Waals surface area contributed by atoms with Gasteiger partial charge >= 0.3 is 0 Å². The molecule has 2 aromatic rings. The molecule has 0 heterocycles. The van der Waals surface area contributed by atoms with Crippen molar-refractivity contribution in [2.75, 3.05) is 19.5 Å². The Kier molecular flexibility index (Phi) is 4.10. The fraction of sp³-hybridized carbons (Fsp3) is 0.133. The zero-order valence-electron chi connectivity index (χ0n) is 11.2. The second-order valence-electron chi connectivity index (χ2n) is 4.05. The van der Waals surface area contributed by atoms with Crippen LogP contribution in [0.15, 0.2) is 42.5 Å². The summed E-state index contributed by atoms with van der Waals surface area (Å²) in [7, 11) is 2.98. The molecule has 1 amide bonds. The van der Waals surface area contributed by atoms with Gasteiger partial charge in [-0.15, -0.1) is 0 Å². The molecule has 0 unspecified atom stereocenters. The van der Waals surface area contributed by atoms with E-state index in [4.69, 9.17) is 9.47 Å². The predicted molar refractivity (Wildman–Crippen MR) is 75.6 cm³/mol. The molecule has 0 aliphatic carbocycles. The van der Waals surface area contributed by atoms with Gasteiger partial charge in [0.1, 0.15) is 5.75 Å². The first kappa shape index (κ1) is 13.7. The lowest BCUT2D eigenvalue weighted by molar-refractivity contribution is 0.102. The van der Waals surface area contributed by atoms with Gasteiger partial charge in [0, 0.05) is 11.8 Å². The number of ether oxygens (including phenoxy) is 2. The number of methoxy groups -OCH3 is 2. The topological polar surface area (TPSA) is 67.8 Å². The Morgan fingerprint density at radius 1 is 1.10 bits per heavy atom. The quantitative estimate of drug-likeness (QED) is 0.898. The minimum atomic E-state index is -0.341. The second-order valence-corrected chi connectivity index (χ2v) is 4.05. The molecule has 5 nitrogen and oxygen atoms in total. The van der Waals surface area contributed by atoms with Crippen LogP contribution in [0.25, 0.3) is 0 Å². The molecule has 0 aliphatic rings. The van der Waals surface area contributed by atoms with E-state index in [1.165, 1.54) is 26.4 Å². The van der Waals surface area contributed by atoms with Crippen molar-refractivity contribution in [3.63, 3.8) is 0 Å². The summed E-state index contributed by atoms with van der Waals surface area (Å²) in [4.78, 5) is 12.2. The Morgan fingerprint density at radius 2 is 1.85 bits per heavy atom. The summed E-state index contributed by atoms with van der Waals surface area (Å²) in [6, 6.07) is 11.4. The van der Waals surface area contributed by atoms with E-state index in [-0.39, 0.29) is 11.7 Å². The zero-order chi connectivity index (χ0) is 14.5. The molecule has 0 aliphatic heterocycles. The van der Waals surface area contributed by atoms with Crippen LogP contribution in [0.5, 0.6) is 17.2 Å². The van der Waals surface area contributed by atoms with E-state index in [0.29, 0.717) is 22.7 Å². The molecule has 0 saturated carbocycles. The molecule has 2 rings (SSSR count). The van der Waals surface area contributed by atoms with Crippen molar-refractivity contribution in [3.05, 3.63) is 48.0 Å². The number of hydrogen-bond donors (Lipinski definition) is 2. The molecule has 20 heavy (non-hydrogen) atoms. The molecular weight excluding hydrogens is 258 g/mol. The molecule has 0 atom stereocenters. The SMILES string of the molecule is COc1cccc(C(=O)Nc2cccc(O)c2)c1OC. The first-order valence-corrected chi connectivity index (χ1v) is 5.97. The van der Waals surface area contributed by atoms with Gasteiger partial charge in [-0.3, -0.25) is 4.79 Å². The van der Waals surface area contributed by atoms with Crippen LogP contribution < -0.4 is 14.8 Å². The average Bonchev–Trinajstić information content (AvgIpc) is 2.46. The van der Waals surface area contributed by atoms with Crippen molar-refractivity contribution in [2.24, 2.45) is 0 Å². The van der Waals surface area contributed by atoms with Crippen LogP contribution in [0.2, 0.25) is 0 Å². The Morgan fingerprint density at radius 3 is 2.50 bits per heavy atom. The molecule has 2 aromatic carbocycles. The van der Waals surface area contributed by atoms with Crippen molar-refractivity contribution in [1.29, 1.82) is 0 Å². The minimum absolute atomic E-state index is 0.0837. The van der Waals surface area contributed by atoms with Gasteiger partial charge in [-0.2, -0.15) is 0 Å². The number of phenols is 1. The lowest BCUT2D eigenvalue weighted by Gasteiger charge is -2.12. The number of amides is 1. The number of phenolic OH excluding ortho intramolecular Hbond substituents is 1. The van der Waals surface area contributed by atoms with E-state index >= 15 is 0 Å². The van der Waals surface area contributed by atoms with Gasteiger partial charge in [-0.1, -0.05) is 12.1 Å². The molecule has 0 bridgehead atoms. The number of para-hydroxylation sites is 1. The van der Waals surface area contributed by atoms with E-state index < -0.39 is 0 Å². The number of anilines is 1. The lowest BCUT2D eigenvalue weighted by Crippen LogP contribution is -2.13. The van der Waals surface area contributed by atoms with Gasteiger partial charge in [0.15, 0.2) is 11.5 Å². The number of hydrogen-bond acceptors (Lipinski definition) is 4. The van der Waals surface area contributed by atoms with Crippen molar-refractivity contribution >= 4 is 11.6 Å². The maximum absolute atomic E-state index is 12.2. The van der Waals surface area contributed by atoms with E-state index in [1.54, 1.807) is 30.3 Å². The standard InChI is InChI=1S/C15H15NO4/c1-19-13-8-4-7-12(14(13)20-2)15(18)16-10-5-3-6-11(17)9-10/h3-9,17H,1-2H3,(H,16,18). The van der Waals surface area contributed by atoms with Gasteiger partial charge in [0.05, 0.1) is 19.8 Å². The number of rotatable bonds is 4. The third-order valence-electron chi connectivity index (χ3n) is 2.75. The number of carbonyl (C=O) groups excluding carboxylic acids is 1. The highest BCUT2D eigenvalue weighted by atomic mass is 16.5. The van der Waals surface area contributed by atoms with E-state index in [2.05, 4.69) is 5.32 Å². The molecule has 2 N–H and O–H groups in total. The summed E-state index contributed by atoms with van der Waals surface area (Å²) in [5.41, 5.74) is 0.857. The Labute approximate surface area is 116 Å². The van der Waals surface area contributed by atoms with Crippen LogP contribution in [-0.2, 0) is 0 Å². The zero-order valence-corrected chi connectivity index (χ0v) is 11.2. The van der Waals surface area contributed by atoms with E-state index in [1.807, 2.05) is 0 Å². The van der Waals surface area contributed by atoms with Gasteiger partial charge in [-0.25, -0.2) is 0 Å². The summed E-state index contributed by atoms with van der Waals surface area (Å²) < 4.78 is 10.4. The summed E-state index contributed by atoms with van der Waals surface area (Å²) in [6.45, 7) is 0. The Hall–Kier alpha value is -2.69. The van der Waals surface area contributed by atoms with Crippen LogP contribution in [0, 0.1) is 0 Å². The molecule has 5 heteroatoms. The van der Waals surface area contributed by atoms with Crippen LogP contribution in [-0.4, -0.2) is 25.2 Å². The highest BCUT2D eigenvalue weighted by Crippen LogP contribution is 2.31. The van der Waals surface area contributed by atoms with Crippen molar-refractivity contribution in [2.45, 2.75) is 0 Å². The largest absolute Gasteiger partial charge is 0.508 e. The predicted octanol–water partition coefficient (Wildman–Crippen LogP) is 2.66. The van der Waals surface area contributed by atoms with Crippen LogP contribution in [0.4, 0.5) is 5.69 Å². The summed E-state index contributed by atoms with van der Waals surface area (Å²) in [6.07, 6.45) is 0. The molecule has 0 radical (unpaired) electrons. The van der Waals surface area contributed by atoms with Crippen molar-refractivity contribution < 1.29 is 19.4 Å². The average molecular weight is 273 g/mol. The van der Waals surface area contributed by atoms with Crippen LogP contribution in [0.3, 0.4) is 0 Å². The molecule has 104 valence electrons. The summed E-state index contributed by atoms with van der Waals surface area (Å²) in [5, 5.41) is 12.1. The normalized spacial score (nSPS) is 9.90. The van der Waals surface area contributed by atoms with E-state index in [9.17, 15) is 9.90 Å². The number of carbonyl (C=O) groups is 1. The maximum atomic E-state index is 12.2. The van der Waals surface area contributed by atoms with Crippen LogP contribution in [0.1, 0.15) is 10.4 Å². The number of nitrogens with one attached hydrogen (secondary N) is 1. The van der Waals surface area contributed by atoms with Crippen LogP contribution >= 0.6 is 0 Å². The minimum Gasteiger partial charge on any atom is -0.508 e. The molecule has 0 aromatic heterocycles. The van der Waals surface area contributed by atoms with Gasteiger partial charge in [0.2, 0.25) is 0 Å². The highest BCUT2D eigenvalue weighted by Gasteiger charge is 2.16. The first-order valence-electron chi connectivity index (χ1n) is 5.97. The fourth-order valence-electron chi connectivity index (χ4n) is 1.85. The first-order chi connectivity index (χ1) is 9.65. The number of benzene rings is 2. The molecule has 0 fully saturated rings. The number of aromatic hydroxyl groups is 1. The summed E-state index contributed by atoms with van der Waals surface area (Å²) >= 11 is 0. The third kappa shape index (κ3) is 2.83. The highest BCUT2D eigenvalue weighted by molar-refractivity contribution is 6.06. The second kappa shape index (κ2) is 5.97. The third-order valence-corrected chi connectivity index (χ3v) is 2.75. The Balaban J connectivity index is 2.30. The molecular formula is C15H15NO4. The van der Waals surface area contributed by atoms with Crippen molar-refractivity contribution in [1.82, 2.24) is 0 Å². The van der Waals surface area contributed by atoms with Gasteiger partial charge < -0.3 is 19.9 Å². The lowest BCUT2D eigenvalue weighted by atomic mass is 10.1. The smallest absolute Gasteiger partial charge is 0.259 e. The van der Waals surface area contributed by atoms with Gasteiger partial charge in [0.25, 0.3) is 5.91 Å². The van der Waals surface area contributed by atoms with Crippen molar-refractivity contribution in [3.8, 4) is 17.2 Å². The van der Waals surface area contributed by atoms with E-state index in [0.717, 1.165) is 0 Å². The maximum Gasteiger partial charge on any atom is 0.259 e. The molecule has 0 saturated heterocycles. The fourth-order valence-corrected chi connectivity index (χ4v) is 1.85.